The smallest absolute Gasteiger partial charge is 0.188 e. The van der Waals surface area contributed by atoms with Crippen molar-refractivity contribution >= 4 is 20.1 Å². The fraction of sp³-hybridized carbons (Fsp3) is 0.552. The SMILES string of the molecule is CCCCCC(CC)(Pc1ccccc1C=NC)c1cc(C(C)(C)C)cc(C)c1OCOC. The van der Waals surface area contributed by atoms with Gasteiger partial charge in [0.05, 0.1) is 0 Å². The molecule has 2 aromatic carbocycles. The number of ether oxygens (including phenoxy) is 2. The molecule has 0 amide bonds. The minimum Gasteiger partial charge on any atom is -0.467 e. The highest BCUT2D eigenvalue weighted by atomic mass is 31.1. The Kier molecular flexibility index (Phi) is 10.6. The van der Waals surface area contributed by atoms with E-state index in [-0.39, 0.29) is 17.4 Å². The van der Waals surface area contributed by atoms with Crippen LogP contribution in [0.25, 0.3) is 0 Å². The zero-order valence-corrected chi connectivity index (χ0v) is 23.0. The van der Waals surface area contributed by atoms with E-state index in [0.717, 1.165) is 18.6 Å². The molecule has 0 N–H and O–H groups in total. The van der Waals surface area contributed by atoms with E-state index in [2.05, 4.69) is 82.9 Å². The van der Waals surface area contributed by atoms with E-state index in [9.17, 15) is 0 Å². The second-order valence-electron chi connectivity index (χ2n) is 9.96. The van der Waals surface area contributed by atoms with Crippen molar-refractivity contribution in [1.29, 1.82) is 0 Å². The van der Waals surface area contributed by atoms with E-state index in [1.54, 1.807) is 7.11 Å². The lowest BCUT2D eigenvalue weighted by Gasteiger charge is -2.37. The van der Waals surface area contributed by atoms with Gasteiger partial charge in [0.2, 0.25) is 0 Å². The van der Waals surface area contributed by atoms with Gasteiger partial charge < -0.3 is 9.47 Å². The van der Waals surface area contributed by atoms with Crippen LogP contribution < -0.4 is 10.0 Å². The number of aliphatic imine (C=N–C) groups is 1. The summed E-state index contributed by atoms with van der Waals surface area (Å²) in [5.74, 6) is 0.998. The van der Waals surface area contributed by atoms with Gasteiger partial charge in [0.1, 0.15) is 5.75 Å². The molecule has 2 unspecified atom stereocenters. The van der Waals surface area contributed by atoms with Crippen molar-refractivity contribution < 1.29 is 9.47 Å². The molecule has 0 aliphatic carbocycles. The Balaban J connectivity index is 2.75. The van der Waals surface area contributed by atoms with Crippen molar-refractivity contribution in [3.63, 3.8) is 0 Å². The van der Waals surface area contributed by atoms with Gasteiger partial charge in [-0.05, 0) is 47.2 Å². The maximum absolute atomic E-state index is 6.27. The summed E-state index contributed by atoms with van der Waals surface area (Å²) < 4.78 is 11.6. The maximum Gasteiger partial charge on any atom is 0.188 e. The van der Waals surface area contributed by atoms with Crippen LogP contribution in [0.3, 0.4) is 0 Å². The minimum absolute atomic E-state index is 0.00193. The summed E-state index contributed by atoms with van der Waals surface area (Å²) in [4.78, 5) is 4.33. The lowest BCUT2D eigenvalue weighted by atomic mass is 9.80. The largest absolute Gasteiger partial charge is 0.467 e. The van der Waals surface area contributed by atoms with Gasteiger partial charge in [-0.3, -0.25) is 4.99 Å². The number of hydrogen-bond acceptors (Lipinski definition) is 3. The predicted octanol–water partition coefficient (Wildman–Crippen LogP) is 7.51. The summed E-state index contributed by atoms with van der Waals surface area (Å²) in [6, 6.07) is 13.4. The second kappa shape index (κ2) is 12.7. The van der Waals surface area contributed by atoms with Crippen LogP contribution in [-0.2, 0) is 15.3 Å². The van der Waals surface area contributed by atoms with Crippen LogP contribution in [0.2, 0.25) is 0 Å². The van der Waals surface area contributed by atoms with Crippen LogP contribution in [0.15, 0.2) is 41.4 Å². The molecule has 0 saturated carbocycles. The molecular weight excluding hydrogens is 425 g/mol. The first-order valence-corrected chi connectivity index (χ1v) is 13.3. The van der Waals surface area contributed by atoms with Crippen LogP contribution in [0.1, 0.15) is 89.0 Å². The summed E-state index contributed by atoms with van der Waals surface area (Å²) in [7, 11) is 4.17. The van der Waals surface area contributed by atoms with E-state index in [0.29, 0.717) is 8.58 Å². The molecule has 182 valence electrons. The molecule has 0 fully saturated rings. The number of methoxy groups -OCH3 is 1. The molecule has 0 radical (unpaired) electrons. The Morgan fingerprint density at radius 3 is 2.39 bits per heavy atom. The quantitative estimate of drug-likeness (QED) is 0.139. The molecule has 2 aromatic rings. The number of nitrogens with zero attached hydrogens (tertiary/aromatic N) is 1. The van der Waals surface area contributed by atoms with Crippen LogP contribution >= 0.6 is 8.58 Å². The third-order valence-corrected chi connectivity index (χ3v) is 8.47. The number of benzene rings is 2. The fourth-order valence-electron chi connectivity index (χ4n) is 4.39. The molecule has 2 atom stereocenters. The van der Waals surface area contributed by atoms with Crippen molar-refractivity contribution in [2.24, 2.45) is 4.99 Å². The zero-order valence-electron chi connectivity index (χ0n) is 22.0. The van der Waals surface area contributed by atoms with E-state index < -0.39 is 0 Å². The fourth-order valence-corrected chi connectivity index (χ4v) is 6.18. The number of hydrogen-bond donors (Lipinski definition) is 0. The van der Waals surface area contributed by atoms with E-state index in [1.165, 1.54) is 46.8 Å². The van der Waals surface area contributed by atoms with Crippen molar-refractivity contribution in [2.45, 2.75) is 84.2 Å². The van der Waals surface area contributed by atoms with Gasteiger partial charge >= 0.3 is 0 Å². The van der Waals surface area contributed by atoms with Gasteiger partial charge in [-0.25, -0.2) is 0 Å². The van der Waals surface area contributed by atoms with Crippen LogP contribution in [0, 0.1) is 6.92 Å². The third kappa shape index (κ3) is 7.14. The number of aryl methyl sites for hydroxylation is 1. The standard InChI is InChI=1S/C29H44NO2P/c1-9-11-14-17-29(10-2,33-26-16-13-12-15-23(26)20-30-7)25-19-24(28(4,5)6)18-22(3)27(25)32-21-31-8/h12-13,15-16,18-20,33H,9-11,14,17,21H2,1-8H3. The molecule has 0 saturated heterocycles. The van der Waals surface area contributed by atoms with Gasteiger partial charge in [0.15, 0.2) is 6.79 Å². The average molecular weight is 470 g/mol. The van der Waals surface area contributed by atoms with Gasteiger partial charge in [-0.15, -0.1) is 0 Å². The van der Waals surface area contributed by atoms with Gasteiger partial charge in [0.25, 0.3) is 0 Å². The predicted molar refractivity (Wildman–Crippen MR) is 146 cm³/mol. The first-order chi connectivity index (χ1) is 15.7. The first-order valence-electron chi connectivity index (χ1n) is 12.3. The molecule has 33 heavy (non-hydrogen) atoms. The van der Waals surface area contributed by atoms with Crippen LogP contribution in [0.5, 0.6) is 5.75 Å². The van der Waals surface area contributed by atoms with E-state index in [4.69, 9.17) is 9.47 Å². The summed E-state index contributed by atoms with van der Waals surface area (Å²) in [6.07, 6.45) is 7.87. The van der Waals surface area contributed by atoms with Crippen molar-refractivity contribution in [2.75, 3.05) is 21.0 Å². The summed E-state index contributed by atoms with van der Waals surface area (Å²) in [5, 5.41) is 1.38. The molecule has 0 aliphatic heterocycles. The molecule has 0 aliphatic rings. The van der Waals surface area contributed by atoms with E-state index >= 15 is 0 Å². The zero-order chi connectivity index (χ0) is 24.5. The number of rotatable bonds is 12. The highest BCUT2D eigenvalue weighted by molar-refractivity contribution is 7.48. The normalized spacial score (nSPS) is 14.3. The lowest BCUT2D eigenvalue weighted by molar-refractivity contribution is 0.0493. The molecule has 2 rings (SSSR count). The van der Waals surface area contributed by atoms with Gasteiger partial charge in [-0.2, -0.15) is 0 Å². The highest BCUT2D eigenvalue weighted by Crippen LogP contribution is 2.53. The molecule has 0 heterocycles. The summed E-state index contributed by atoms with van der Waals surface area (Å²) in [6.45, 7) is 13.9. The monoisotopic (exact) mass is 469 g/mol. The Hall–Kier alpha value is -1.70. The molecule has 0 aromatic heterocycles. The van der Waals surface area contributed by atoms with Crippen molar-refractivity contribution in [3.8, 4) is 5.75 Å². The molecule has 0 spiro atoms. The van der Waals surface area contributed by atoms with Gasteiger partial charge in [0, 0.05) is 31.1 Å². The minimum atomic E-state index is 0.00193. The summed E-state index contributed by atoms with van der Waals surface area (Å²) in [5.41, 5.74) is 5.18. The maximum atomic E-state index is 6.27. The topological polar surface area (TPSA) is 30.8 Å². The average Bonchev–Trinajstić information content (AvgIpc) is 2.78. The second-order valence-corrected chi connectivity index (χ2v) is 11.7. The van der Waals surface area contributed by atoms with Crippen molar-refractivity contribution in [1.82, 2.24) is 0 Å². The van der Waals surface area contributed by atoms with Crippen LogP contribution in [0.4, 0.5) is 0 Å². The molecule has 3 nitrogen and oxygen atoms in total. The van der Waals surface area contributed by atoms with Crippen molar-refractivity contribution in [3.05, 3.63) is 58.7 Å². The Morgan fingerprint density at radius 1 is 1.06 bits per heavy atom. The molecule has 0 bridgehead atoms. The Morgan fingerprint density at radius 2 is 1.79 bits per heavy atom. The number of unbranched alkanes of at least 4 members (excludes halogenated alkanes) is 2. The van der Waals surface area contributed by atoms with Gasteiger partial charge in [-0.1, -0.05) is 98.9 Å². The molecule has 4 heteroatoms. The van der Waals surface area contributed by atoms with E-state index in [1.807, 2.05) is 13.3 Å². The lowest BCUT2D eigenvalue weighted by Crippen LogP contribution is -2.26. The third-order valence-electron chi connectivity index (χ3n) is 6.39. The molecular formula is C29H44NO2P. The van der Waals surface area contributed by atoms with Crippen LogP contribution in [-0.4, -0.2) is 27.2 Å². The summed E-state index contributed by atoms with van der Waals surface area (Å²) >= 11 is 0. The first kappa shape index (κ1) is 27.5. The highest BCUT2D eigenvalue weighted by Gasteiger charge is 2.35. The Bertz CT molecular complexity index is 916. The Labute approximate surface area is 204 Å².